The summed E-state index contributed by atoms with van der Waals surface area (Å²) < 4.78 is 1.51. The molecule has 1 rings (SSSR count). The van der Waals surface area contributed by atoms with Gasteiger partial charge in [0.2, 0.25) is 0 Å². The van der Waals surface area contributed by atoms with E-state index in [4.69, 9.17) is 0 Å². The highest BCUT2D eigenvalue weighted by molar-refractivity contribution is 9.08. The zero-order valence-corrected chi connectivity index (χ0v) is 4.51. The zero-order chi connectivity index (χ0) is 4.41. The van der Waals surface area contributed by atoms with Crippen molar-refractivity contribution in [2.45, 2.75) is 0 Å². The van der Waals surface area contributed by atoms with Gasteiger partial charge in [0.05, 0.1) is 16.1 Å². The Morgan fingerprint density at radius 3 is 2.83 bits per heavy atom. The van der Waals surface area contributed by atoms with Gasteiger partial charge in [-0.2, -0.15) is 5.10 Å². The van der Waals surface area contributed by atoms with Crippen LogP contribution < -0.4 is 0 Å². The predicted molar refractivity (Wildman–Crippen MR) is 25.4 cm³/mol. The highest BCUT2D eigenvalue weighted by atomic mass is 79.9. The van der Waals surface area contributed by atoms with Gasteiger partial charge in [-0.3, -0.25) is 0 Å². The van der Waals surface area contributed by atoms with Crippen LogP contribution in [-0.4, -0.2) is 8.81 Å². The quantitative estimate of drug-likeness (QED) is 0.530. The molecule has 0 aromatic carbocycles. The van der Waals surface area contributed by atoms with Crippen molar-refractivity contribution in [2.75, 3.05) is 0 Å². The van der Waals surface area contributed by atoms with Crippen LogP contribution in [0, 0.1) is 6.20 Å². The molecule has 0 atom stereocenters. The van der Waals surface area contributed by atoms with Gasteiger partial charge in [0.25, 0.3) is 0 Å². The van der Waals surface area contributed by atoms with Crippen LogP contribution in [-0.2, 0) is 0 Å². The van der Waals surface area contributed by atoms with Crippen LogP contribution in [0.4, 0.5) is 0 Å². The number of halogens is 1. The van der Waals surface area contributed by atoms with Crippen molar-refractivity contribution in [3.63, 3.8) is 0 Å². The molecular formula is C3H2BrN2. The first kappa shape index (κ1) is 3.87. The van der Waals surface area contributed by atoms with Gasteiger partial charge in [-0.15, -0.1) is 0 Å². The predicted octanol–water partition coefficient (Wildman–Crippen LogP) is 0.841. The van der Waals surface area contributed by atoms with E-state index in [1.807, 2.05) is 0 Å². The lowest BCUT2D eigenvalue weighted by molar-refractivity contribution is 1.03. The van der Waals surface area contributed by atoms with Gasteiger partial charge in [0.15, 0.2) is 0 Å². The van der Waals surface area contributed by atoms with Crippen LogP contribution in [0.15, 0.2) is 12.3 Å². The fourth-order valence-corrected chi connectivity index (χ4v) is 0.426. The molecule has 0 aliphatic rings. The van der Waals surface area contributed by atoms with E-state index < -0.39 is 0 Å². The molecule has 0 fully saturated rings. The van der Waals surface area contributed by atoms with E-state index in [1.54, 1.807) is 12.3 Å². The number of hydrogen-bond acceptors (Lipinski definition) is 1. The molecule has 0 aliphatic carbocycles. The molecule has 0 bridgehead atoms. The molecule has 0 unspecified atom stereocenters. The largest absolute Gasteiger partial charge is 0.204 e. The Balaban J connectivity index is 3.05. The van der Waals surface area contributed by atoms with Gasteiger partial charge < -0.3 is 0 Å². The van der Waals surface area contributed by atoms with Crippen molar-refractivity contribution in [1.29, 1.82) is 0 Å². The van der Waals surface area contributed by atoms with Crippen molar-refractivity contribution in [3.05, 3.63) is 18.5 Å². The van der Waals surface area contributed by atoms with Crippen LogP contribution in [0.2, 0.25) is 0 Å². The number of hydrogen-bond donors (Lipinski definition) is 0. The molecule has 31 valence electrons. The third-order valence-corrected chi connectivity index (χ3v) is 0.820. The normalized spacial score (nSPS) is 8.83. The third-order valence-electron chi connectivity index (χ3n) is 0.425. The van der Waals surface area contributed by atoms with Gasteiger partial charge in [-0.25, -0.2) is 3.71 Å². The molecular weight excluding hydrogens is 144 g/mol. The Hall–Kier alpha value is -0.310. The second-order valence-electron chi connectivity index (χ2n) is 0.833. The summed E-state index contributed by atoms with van der Waals surface area (Å²) in [6.07, 6.45) is 4.35. The fraction of sp³-hybridized carbons (Fsp3) is 0. The lowest BCUT2D eigenvalue weighted by atomic mass is 10.8. The maximum Gasteiger partial charge on any atom is 0.114 e. The first-order valence-electron chi connectivity index (χ1n) is 1.47. The average Bonchev–Trinajstić information content (AvgIpc) is 1.86. The number of nitrogens with zero attached hydrogens (tertiary/aromatic N) is 2. The first-order chi connectivity index (χ1) is 2.89. The minimum absolute atomic E-state index is 1.51. The molecule has 1 heterocycles. The minimum atomic E-state index is 1.51. The molecule has 0 aliphatic heterocycles. The smallest absolute Gasteiger partial charge is 0.114 e. The van der Waals surface area contributed by atoms with Gasteiger partial charge in [-0.05, 0) is 6.07 Å². The summed E-state index contributed by atoms with van der Waals surface area (Å²) in [5, 5.41) is 3.62. The molecule has 0 spiro atoms. The van der Waals surface area contributed by atoms with Gasteiger partial charge in [0, 0.05) is 6.20 Å². The molecule has 6 heavy (non-hydrogen) atoms. The fourth-order valence-electron chi connectivity index (χ4n) is 0.217. The SMILES string of the molecule is Brn1cc[c]n1. The monoisotopic (exact) mass is 145 g/mol. The van der Waals surface area contributed by atoms with Crippen LogP contribution in [0.25, 0.3) is 0 Å². The molecule has 1 radical (unpaired) electrons. The Bertz CT molecular complexity index is 112. The van der Waals surface area contributed by atoms with E-state index in [0.717, 1.165) is 0 Å². The summed E-state index contributed by atoms with van der Waals surface area (Å²) in [5.41, 5.74) is 0. The maximum atomic E-state index is 3.62. The second-order valence-corrected chi connectivity index (χ2v) is 1.56. The standard InChI is InChI=1S/C3H2BrN2/c4-6-3-1-2-5-6/h1,3H. The van der Waals surface area contributed by atoms with E-state index in [-0.39, 0.29) is 0 Å². The van der Waals surface area contributed by atoms with Crippen molar-refractivity contribution in [2.24, 2.45) is 0 Å². The molecule has 0 saturated heterocycles. The van der Waals surface area contributed by atoms with E-state index in [2.05, 4.69) is 27.4 Å². The summed E-state index contributed by atoms with van der Waals surface area (Å²) in [5.74, 6) is 0. The van der Waals surface area contributed by atoms with Crippen LogP contribution in [0.5, 0.6) is 0 Å². The molecule has 1 aromatic heterocycles. The summed E-state index contributed by atoms with van der Waals surface area (Å²) >= 11 is 3.06. The molecule has 1 aromatic rings. The van der Waals surface area contributed by atoms with E-state index in [0.29, 0.717) is 0 Å². The average molecular weight is 146 g/mol. The van der Waals surface area contributed by atoms with Crippen LogP contribution in [0.3, 0.4) is 0 Å². The zero-order valence-electron chi connectivity index (χ0n) is 2.93. The summed E-state index contributed by atoms with van der Waals surface area (Å²) in [6, 6.07) is 1.72. The molecule has 0 saturated carbocycles. The summed E-state index contributed by atoms with van der Waals surface area (Å²) in [7, 11) is 0. The van der Waals surface area contributed by atoms with E-state index in [1.165, 1.54) is 3.71 Å². The lowest BCUT2D eigenvalue weighted by Crippen LogP contribution is -1.72. The molecule has 3 heteroatoms. The molecule has 2 nitrogen and oxygen atoms in total. The van der Waals surface area contributed by atoms with Crippen molar-refractivity contribution < 1.29 is 0 Å². The van der Waals surface area contributed by atoms with Crippen LogP contribution >= 0.6 is 16.1 Å². The Morgan fingerprint density at radius 1 is 1.83 bits per heavy atom. The Morgan fingerprint density at radius 2 is 2.67 bits per heavy atom. The van der Waals surface area contributed by atoms with Crippen molar-refractivity contribution in [1.82, 2.24) is 8.81 Å². The Labute approximate surface area is 44.1 Å². The summed E-state index contributed by atoms with van der Waals surface area (Å²) in [4.78, 5) is 0. The van der Waals surface area contributed by atoms with Crippen molar-refractivity contribution in [3.8, 4) is 0 Å². The van der Waals surface area contributed by atoms with Gasteiger partial charge >= 0.3 is 0 Å². The number of rotatable bonds is 0. The van der Waals surface area contributed by atoms with Gasteiger partial charge in [-0.1, -0.05) is 0 Å². The van der Waals surface area contributed by atoms with E-state index >= 15 is 0 Å². The summed E-state index contributed by atoms with van der Waals surface area (Å²) in [6.45, 7) is 0. The maximum absolute atomic E-state index is 3.62. The minimum Gasteiger partial charge on any atom is -0.204 e. The van der Waals surface area contributed by atoms with Crippen LogP contribution in [0.1, 0.15) is 0 Å². The van der Waals surface area contributed by atoms with Crippen molar-refractivity contribution >= 4 is 16.1 Å². The third kappa shape index (κ3) is 0.597. The Kier molecular flexibility index (Phi) is 0.919. The highest BCUT2D eigenvalue weighted by Crippen LogP contribution is 1.84. The highest BCUT2D eigenvalue weighted by Gasteiger charge is 1.73. The first-order valence-corrected chi connectivity index (χ1v) is 2.18. The van der Waals surface area contributed by atoms with Gasteiger partial charge in [0.1, 0.15) is 6.20 Å². The topological polar surface area (TPSA) is 17.8 Å². The lowest BCUT2D eigenvalue weighted by Gasteiger charge is -1.72. The number of aromatic nitrogens is 2. The molecule has 0 amide bonds. The van der Waals surface area contributed by atoms with E-state index in [9.17, 15) is 0 Å². The second kappa shape index (κ2) is 1.43. The molecule has 0 N–H and O–H groups in total.